The van der Waals surface area contributed by atoms with E-state index < -0.39 is 0 Å². The predicted octanol–water partition coefficient (Wildman–Crippen LogP) is 4.97. The SMILES string of the molecule is CC[C@H](C)Nc1nc(NCc2ccccc2OC)cc(-c2ccccc2)n1. The lowest BCUT2D eigenvalue weighted by atomic mass is 10.1. The zero-order valence-electron chi connectivity index (χ0n) is 16.1. The highest BCUT2D eigenvalue weighted by Gasteiger charge is 2.09. The largest absolute Gasteiger partial charge is 0.496 e. The molecule has 5 heteroatoms. The van der Waals surface area contributed by atoms with E-state index in [0.717, 1.165) is 34.8 Å². The number of rotatable bonds is 8. The molecule has 140 valence electrons. The van der Waals surface area contributed by atoms with Gasteiger partial charge in [-0.05, 0) is 19.4 Å². The molecule has 0 amide bonds. The lowest BCUT2D eigenvalue weighted by Gasteiger charge is -2.15. The number of anilines is 2. The lowest BCUT2D eigenvalue weighted by Crippen LogP contribution is -2.16. The Morgan fingerprint density at radius 1 is 1.00 bits per heavy atom. The van der Waals surface area contributed by atoms with Crippen LogP contribution in [0.25, 0.3) is 11.3 Å². The third-order valence-corrected chi connectivity index (χ3v) is 4.44. The molecule has 0 unspecified atom stereocenters. The Morgan fingerprint density at radius 2 is 1.74 bits per heavy atom. The Bertz CT molecular complexity index is 867. The third-order valence-electron chi connectivity index (χ3n) is 4.44. The molecule has 5 nitrogen and oxygen atoms in total. The van der Waals surface area contributed by atoms with Crippen LogP contribution in [0.4, 0.5) is 11.8 Å². The van der Waals surface area contributed by atoms with Crippen molar-refractivity contribution in [3.63, 3.8) is 0 Å². The molecule has 0 bridgehead atoms. The van der Waals surface area contributed by atoms with Gasteiger partial charge in [-0.15, -0.1) is 0 Å². The zero-order chi connectivity index (χ0) is 19.1. The van der Waals surface area contributed by atoms with E-state index in [2.05, 4.69) is 41.6 Å². The van der Waals surface area contributed by atoms with Gasteiger partial charge in [0.05, 0.1) is 12.8 Å². The fraction of sp³-hybridized carbons (Fsp3) is 0.273. The number of aromatic nitrogens is 2. The van der Waals surface area contributed by atoms with Crippen LogP contribution in [0.2, 0.25) is 0 Å². The molecule has 2 N–H and O–H groups in total. The van der Waals surface area contributed by atoms with Crippen LogP contribution < -0.4 is 15.4 Å². The Morgan fingerprint density at radius 3 is 2.48 bits per heavy atom. The maximum atomic E-state index is 5.43. The fourth-order valence-electron chi connectivity index (χ4n) is 2.72. The van der Waals surface area contributed by atoms with Crippen molar-refractivity contribution in [3.8, 4) is 17.0 Å². The van der Waals surface area contributed by atoms with Gasteiger partial charge in [-0.1, -0.05) is 55.5 Å². The summed E-state index contributed by atoms with van der Waals surface area (Å²) in [6, 6.07) is 20.4. The standard InChI is InChI=1S/C22H26N4O/c1-4-16(2)24-22-25-19(17-10-6-5-7-11-17)14-21(26-22)23-15-18-12-8-9-13-20(18)27-3/h5-14,16H,4,15H2,1-3H3,(H2,23,24,25,26)/t16-/m0/s1. The molecule has 3 rings (SSSR count). The molecule has 0 aliphatic carbocycles. The molecule has 0 spiro atoms. The van der Waals surface area contributed by atoms with E-state index in [1.165, 1.54) is 0 Å². The van der Waals surface area contributed by atoms with E-state index in [0.29, 0.717) is 18.5 Å². The average molecular weight is 362 g/mol. The molecule has 0 radical (unpaired) electrons. The highest BCUT2D eigenvalue weighted by Crippen LogP contribution is 2.23. The first-order chi connectivity index (χ1) is 13.2. The average Bonchev–Trinajstić information content (AvgIpc) is 2.72. The van der Waals surface area contributed by atoms with E-state index in [-0.39, 0.29) is 0 Å². The van der Waals surface area contributed by atoms with Crippen molar-refractivity contribution in [2.45, 2.75) is 32.9 Å². The van der Waals surface area contributed by atoms with Crippen LogP contribution in [0.5, 0.6) is 5.75 Å². The molecular formula is C22H26N4O. The van der Waals surface area contributed by atoms with Crippen LogP contribution in [0, 0.1) is 0 Å². The Balaban J connectivity index is 1.87. The summed E-state index contributed by atoms with van der Waals surface area (Å²) in [5.41, 5.74) is 3.03. The van der Waals surface area contributed by atoms with Gasteiger partial charge in [0.15, 0.2) is 0 Å². The van der Waals surface area contributed by atoms with Crippen LogP contribution in [-0.2, 0) is 6.54 Å². The van der Waals surface area contributed by atoms with Gasteiger partial charge in [0.25, 0.3) is 0 Å². The zero-order valence-corrected chi connectivity index (χ0v) is 16.1. The van der Waals surface area contributed by atoms with Crippen molar-refractivity contribution in [2.24, 2.45) is 0 Å². The fourth-order valence-corrected chi connectivity index (χ4v) is 2.72. The molecule has 0 fully saturated rings. The van der Waals surface area contributed by atoms with Crippen LogP contribution in [0.15, 0.2) is 60.7 Å². The molecule has 1 aromatic heterocycles. The summed E-state index contributed by atoms with van der Waals surface area (Å²) < 4.78 is 5.43. The first-order valence-electron chi connectivity index (χ1n) is 9.26. The Hall–Kier alpha value is -3.08. The molecule has 0 saturated heterocycles. The van der Waals surface area contributed by atoms with Gasteiger partial charge >= 0.3 is 0 Å². The number of methoxy groups -OCH3 is 1. The second-order valence-electron chi connectivity index (χ2n) is 6.45. The third kappa shape index (κ3) is 4.97. The van der Waals surface area contributed by atoms with Gasteiger partial charge in [-0.3, -0.25) is 0 Å². The van der Waals surface area contributed by atoms with E-state index in [9.17, 15) is 0 Å². The summed E-state index contributed by atoms with van der Waals surface area (Å²) in [7, 11) is 1.69. The number of hydrogen-bond donors (Lipinski definition) is 2. The molecule has 0 saturated carbocycles. The second-order valence-corrected chi connectivity index (χ2v) is 6.45. The minimum absolute atomic E-state index is 0.304. The first-order valence-corrected chi connectivity index (χ1v) is 9.26. The minimum atomic E-state index is 0.304. The summed E-state index contributed by atoms with van der Waals surface area (Å²) in [5.74, 6) is 2.27. The van der Waals surface area contributed by atoms with E-state index in [4.69, 9.17) is 9.72 Å². The molecule has 0 aliphatic heterocycles. The van der Waals surface area contributed by atoms with Crippen molar-refractivity contribution in [1.82, 2.24) is 9.97 Å². The van der Waals surface area contributed by atoms with Crippen molar-refractivity contribution >= 4 is 11.8 Å². The number of ether oxygens (including phenoxy) is 1. The number of para-hydroxylation sites is 1. The van der Waals surface area contributed by atoms with Crippen LogP contribution in [0.1, 0.15) is 25.8 Å². The number of nitrogens with zero attached hydrogens (tertiary/aromatic N) is 2. The molecule has 1 heterocycles. The van der Waals surface area contributed by atoms with E-state index in [1.54, 1.807) is 7.11 Å². The first kappa shape index (κ1) is 18.7. The minimum Gasteiger partial charge on any atom is -0.496 e. The molecular weight excluding hydrogens is 336 g/mol. The lowest BCUT2D eigenvalue weighted by molar-refractivity contribution is 0.410. The van der Waals surface area contributed by atoms with Crippen molar-refractivity contribution in [1.29, 1.82) is 0 Å². The second kappa shape index (κ2) is 9.03. The summed E-state index contributed by atoms with van der Waals surface area (Å²) in [6.45, 7) is 4.89. The topological polar surface area (TPSA) is 59.1 Å². The van der Waals surface area contributed by atoms with E-state index >= 15 is 0 Å². The molecule has 1 atom stereocenters. The summed E-state index contributed by atoms with van der Waals surface area (Å²) >= 11 is 0. The molecule has 2 aromatic carbocycles. The Kier molecular flexibility index (Phi) is 6.26. The maximum Gasteiger partial charge on any atom is 0.225 e. The smallest absolute Gasteiger partial charge is 0.225 e. The summed E-state index contributed by atoms with van der Waals surface area (Å²) in [4.78, 5) is 9.34. The monoisotopic (exact) mass is 362 g/mol. The van der Waals surface area contributed by atoms with E-state index in [1.807, 2.05) is 48.5 Å². The highest BCUT2D eigenvalue weighted by atomic mass is 16.5. The van der Waals surface area contributed by atoms with Gasteiger partial charge < -0.3 is 15.4 Å². The van der Waals surface area contributed by atoms with Gasteiger partial charge in [0.2, 0.25) is 5.95 Å². The van der Waals surface area contributed by atoms with Crippen molar-refractivity contribution < 1.29 is 4.74 Å². The van der Waals surface area contributed by atoms with Gasteiger partial charge in [0, 0.05) is 29.8 Å². The Labute approximate surface area is 160 Å². The van der Waals surface area contributed by atoms with Crippen LogP contribution in [0.3, 0.4) is 0 Å². The van der Waals surface area contributed by atoms with Gasteiger partial charge in [-0.25, -0.2) is 4.98 Å². The molecule has 0 aliphatic rings. The quantitative estimate of drug-likeness (QED) is 0.592. The normalized spacial score (nSPS) is 11.7. The van der Waals surface area contributed by atoms with Crippen LogP contribution in [-0.4, -0.2) is 23.1 Å². The van der Waals surface area contributed by atoms with Gasteiger partial charge in [-0.2, -0.15) is 4.98 Å². The highest BCUT2D eigenvalue weighted by molar-refractivity contribution is 5.64. The summed E-state index contributed by atoms with van der Waals surface area (Å²) in [6.07, 6.45) is 1.00. The van der Waals surface area contributed by atoms with Crippen molar-refractivity contribution in [2.75, 3.05) is 17.7 Å². The number of benzene rings is 2. The number of hydrogen-bond acceptors (Lipinski definition) is 5. The predicted molar refractivity (Wildman–Crippen MR) is 111 cm³/mol. The maximum absolute atomic E-state index is 5.43. The summed E-state index contributed by atoms with van der Waals surface area (Å²) in [5, 5.41) is 6.78. The molecule has 3 aromatic rings. The number of nitrogens with one attached hydrogen (secondary N) is 2. The van der Waals surface area contributed by atoms with Crippen LogP contribution >= 0.6 is 0 Å². The van der Waals surface area contributed by atoms with Gasteiger partial charge in [0.1, 0.15) is 11.6 Å². The molecule has 27 heavy (non-hydrogen) atoms. The van der Waals surface area contributed by atoms with Crippen molar-refractivity contribution in [3.05, 3.63) is 66.2 Å².